The lowest BCUT2D eigenvalue weighted by Gasteiger charge is -2.16. The molecule has 1 aliphatic carbocycles. The minimum Gasteiger partial charge on any atom is -0.489 e. The number of carbonyl (C=O) groups excluding carboxylic acids is 1. The van der Waals surface area contributed by atoms with Gasteiger partial charge >= 0.3 is 0 Å². The number of hydrogen-bond acceptors (Lipinski definition) is 4. The summed E-state index contributed by atoms with van der Waals surface area (Å²) in [5.41, 5.74) is 4.69. The SMILES string of the molecule is Cc1ncccc1C(=O)Nc1c(OCC2CC2)c(Cl)cc2c3c([nH]c12)C=NCC3. The third-order valence-electron chi connectivity index (χ3n) is 5.51. The second-order valence-electron chi connectivity index (χ2n) is 7.63. The lowest BCUT2D eigenvalue weighted by atomic mass is 10.0. The van der Waals surface area contributed by atoms with Gasteiger partial charge in [-0.2, -0.15) is 0 Å². The summed E-state index contributed by atoms with van der Waals surface area (Å²) in [7, 11) is 0. The molecule has 1 saturated carbocycles. The molecule has 1 aromatic carbocycles. The van der Waals surface area contributed by atoms with Crippen LogP contribution >= 0.6 is 11.6 Å². The second kappa shape index (κ2) is 7.19. The zero-order valence-corrected chi connectivity index (χ0v) is 16.8. The maximum Gasteiger partial charge on any atom is 0.257 e. The first kappa shape index (κ1) is 18.2. The number of rotatable bonds is 5. The molecule has 148 valence electrons. The molecule has 29 heavy (non-hydrogen) atoms. The van der Waals surface area contributed by atoms with E-state index in [1.807, 2.05) is 19.2 Å². The number of aromatic amines is 1. The van der Waals surface area contributed by atoms with Crippen LogP contribution in [0.15, 0.2) is 29.4 Å². The molecule has 0 saturated heterocycles. The Morgan fingerprint density at radius 2 is 2.28 bits per heavy atom. The number of ether oxygens (including phenoxy) is 1. The predicted molar refractivity (Wildman–Crippen MR) is 115 cm³/mol. The lowest BCUT2D eigenvalue weighted by molar-refractivity contribution is 0.102. The van der Waals surface area contributed by atoms with Gasteiger partial charge in [0, 0.05) is 30.0 Å². The molecule has 1 fully saturated rings. The average Bonchev–Trinajstić information content (AvgIpc) is 3.47. The number of benzene rings is 1. The highest BCUT2D eigenvalue weighted by Crippen LogP contribution is 2.43. The Labute approximate surface area is 173 Å². The van der Waals surface area contributed by atoms with E-state index in [9.17, 15) is 4.79 Å². The molecule has 1 amide bonds. The third kappa shape index (κ3) is 3.38. The van der Waals surface area contributed by atoms with E-state index in [2.05, 4.69) is 20.3 Å². The van der Waals surface area contributed by atoms with Gasteiger partial charge in [0.2, 0.25) is 0 Å². The van der Waals surface area contributed by atoms with Crippen molar-refractivity contribution in [2.24, 2.45) is 10.9 Å². The fourth-order valence-corrected chi connectivity index (χ4v) is 3.98. The van der Waals surface area contributed by atoms with Crippen molar-refractivity contribution in [1.82, 2.24) is 9.97 Å². The van der Waals surface area contributed by atoms with E-state index in [1.54, 1.807) is 18.3 Å². The molecular weight excluding hydrogens is 388 g/mol. The van der Waals surface area contributed by atoms with E-state index in [4.69, 9.17) is 16.3 Å². The topological polar surface area (TPSA) is 79.4 Å². The number of hydrogen-bond donors (Lipinski definition) is 2. The molecule has 1 aliphatic heterocycles. The minimum absolute atomic E-state index is 0.239. The van der Waals surface area contributed by atoms with E-state index in [0.29, 0.717) is 40.2 Å². The molecule has 2 N–H and O–H groups in total. The standard InChI is InChI=1S/C22H21ClN4O2/c1-12-14(3-2-7-25-12)22(28)27-20-19-16(15-6-8-24-10-18(15)26-19)9-17(23)21(20)29-11-13-4-5-13/h2-3,7,9-10,13,26H,4-6,8,11H2,1H3,(H,27,28). The van der Waals surface area contributed by atoms with Gasteiger partial charge in [-0.05, 0) is 55.9 Å². The summed E-state index contributed by atoms with van der Waals surface area (Å²) in [5, 5.41) is 4.53. The Morgan fingerprint density at radius 1 is 1.41 bits per heavy atom. The van der Waals surface area contributed by atoms with Crippen molar-refractivity contribution >= 4 is 40.3 Å². The summed E-state index contributed by atoms with van der Waals surface area (Å²) in [5.74, 6) is 0.836. The van der Waals surface area contributed by atoms with Gasteiger partial charge in [0.25, 0.3) is 5.91 Å². The second-order valence-corrected chi connectivity index (χ2v) is 8.04. The first-order chi connectivity index (χ1) is 14.1. The number of nitrogens with one attached hydrogen (secondary N) is 2. The maximum absolute atomic E-state index is 13.0. The van der Waals surface area contributed by atoms with E-state index < -0.39 is 0 Å². The molecule has 2 aliphatic rings. The van der Waals surface area contributed by atoms with E-state index in [-0.39, 0.29) is 5.91 Å². The number of pyridine rings is 1. The molecule has 0 unspecified atom stereocenters. The van der Waals surface area contributed by atoms with Crippen molar-refractivity contribution in [3.63, 3.8) is 0 Å². The van der Waals surface area contributed by atoms with Crippen LogP contribution in [0.3, 0.4) is 0 Å². The van der Waals surface area contributed by atoms with Crippen molar-refractivity contribution in [3.05, 3.63) is 51.9 Å². The Kier molecular flexibility index (Phi) is 4.51. The maximum atomic E-state index is 13.0. The molecule has 0 bridgehead atoms. The number of anilines is 1. The zero-order chi connectivity index (χ0) is 20.0. The summed E-state index contributed by atoms with van der Waals surface area (Å²) in [6, 6.07) is 5.44. The average molecular weight is 409 g/mol. The van der Waals surface area contributed by atoms with Crippen LogP contribution in [0.4, 0.5) is 5.69 Å². The number of fused-ring (bicyclic) bond motifs is 3. The van der Waals surface area contributed by atoms with E-state index in [1.165, 1.54) is 18.4 Å². The van der Waals surface area contributed by atoms with Crippen LogP contribution in [-0.4, -0.2) is 35.2 Å². The number of H-pyrrole nitrogens is 1. The van der Waals surface area contributed by atoms with Gasteiger partial charge in [-0.1, -0.05) is 11.6 Å². The monoisotopic (exact) mass is 408 g/mol. The highest BCUT2D eigenvalue weighted by molar-refractivity contribution is 6.34. The number of amides is 1. The Balaban J connectivity index is 1.62. The third-order valence-corrected chi connectivity index (χ3v) is 5.79. The van der Waals surface area contributed by atoms with Crippen molar-refractivity contribution in [2.75, 3.05) is 18.5 Å². The molecule has 5 rings (SSSR count). The fourth-order valence-electron chi connectivity index (χ4n) is 3.72. The highest BCUT2D eigenvalue weighted by atomic mass is 35.5. The number of aromatic nitrogens is 2. The molecule has 0 radical (unpaired) electrons. The number of aryl methyl sites for hydroxylation is 1. The Bertz CT molecular complexity index is 1150. The van der Waals surface area contributed by atoms with Gasteiger partial charge in [-0.25, -0.2) is 0 Å². The van der Waals surface area contributed by atoms with Gasteiger partial charge < -0.3 is 15.0 Å². The lowest BCUT2D eigenvalue weighted by Crippen LogP contribution is -2.15. The van der Waals surface area contributed by atoms with Gasteiger partial charge in [0.1, 0.15) is 5.69 Å². The molecule has 3 heterocycles. The van der Waals surface area contributed by atoms with Crippen molar-refractivity contribution in [3.8, 4) is 5.75 Å². The Morgan fingerprint density at radius 3 is 3.07 bits per heavy atom. The number of aliphatic imine (C=N–C) groups is 1. The first-order valence-electron chi connectivity index (χ1n) is 9.84. The fraction of sp³-hybridized carbons (Fsp3) is 0.318. The number of nitrogens with zero attached hydrogens (tertiary/aromatic N) is 2. The van der Waals surface area contributed by atoms with Crippen LogP contribution < -0.4 is 10.1 Å². The molecule has 0 spiro atoms. The summed E-state index contributed by atoms with van der Waals surface area (Å²) < 4.78 is 6.08. The minimum atomic E-state index is -0.239. The zero-order valence-electron chi connectivity index (χ0n) is 16.1. The van der Waals surface area contributed by atoms with Crippen molar-refractivity contribution in [2.45, 2.75) is 26.2 Å². The van der Waals surface area contributed by atoms with Crippen LogP contribution in [0.25, 0.3) is 10.9 Å². The highest BCUT2D eigenvalue weighted by Gasteiger charge is 2.26. The van der Waals surface area contributed by atoms with Crippen molar-refractivity contribution in [1.29, 1.82) is 0 Å². The first-order valence-corrected chi connectivity index (χ1v) is 10.2. The summed E-state index contributed by atoms with van der Waals surface area (Å²) in [6.07, 6.45) is 6.69. The van der Waals surface area contributed by atoms with E-state index >= 15 is 0 Å². The number of carbonyl (C=O) groups is 1. The Hall–Kier alpha value is -2.86. The van der Waals surface area contributed by atoms with Crippen LogP contribution in [-0.2, 0) is 6.42 Å². The van der Waals surface area contributed by atoms with Gasteiger partial charge in [0.05, 0.1) is 28.4 Å². The van der Waals surface area contributed by atoms with Crippen LogP contribution in [0.5, 0.6) is 5.75 Å². The molecule has 6 nitrogen and oxygen atoms in total. The molecule has 2 aromatic heterocycles. The summed E-state index contributed by atoms with van der Waals surface area (Å²) >= 11 is 6.64. The van der Waals surface area contributed by atoms with Crippen LogP contribution in [0, 0.1) is 12.8 Å². The van der Waals surface area contributed by atoms with Crippen molar-refractivity contribution < 1.29 is 9.53 Å². The smallest absolute Gasteiger partial charge is 0.257 e. The quantitative estimate of drug-likeness (QED) is 0.650. The van der Waals surface area contributed by atoms with E-state index in [0.717, 1.165) is 29.6 Å². The predicted octanol–water partition coefficient (Wildman–Crippen LogP) is 4.54. The number of halogens is 1. The van der Waals surface area contributed by atoms with Gasteiger partial charge in [-0.3, -0.25) is 14.8 Å². The largest absolute Gasteiger partial charge is 0.489 e. The molecule has 7 heteroatoms. The normalized spacial score (nSPS) is 15.4. The molecular formula is C22H21ClN4O2. The van der Waals surface area contributed by atoms with Gasteiger partial charge in [0.15, 0.2) is 5.75 Å². The summed E-state index contributed by atoms with van der Waals surface area (Å²) in [6.45, 7) is 3.16. The van der Waals surface area contributed by atoms with Crippen LogP contribution in [0.1, 0.15) is 40.2 Å². The van der Waals surface area contributed by atoms with Gasteiger partial charge in [-0.15, -0.1) is 0 Å². The summed E-state index contributed by atoms with van der Waals surface area (Å²) in [4.78, 5) is 25.0. The van der Waals surface area contributed by atoms with Crippen LogP contribution in [0.2, 0.25) is 5.02 Å². The molecule has 0 atom stereocenters. The molecule has 3 aromatic rings.